The van der Waals surface area contributed by atoms with Gasteiger partial charge in [-0.1, -0.05) is 0 Å². The molecule has 1 aromatic heterocycles. The highest BCUT2D eigenvalue weighted by Gasteiger charge is 1.98. The molecule has 1 radical (unpaired) electrons. The molecule has 0 aliphatic rings. The van der Waals surface area contributed by atoms with E-state index in [4.69, 9.17) is 0 Å². The largest absolute Gasteiger partial charge is 0.303 e. The minimum Gasteiger partial charge on any atom is -0.303 e. The molecule has 0 aliphatic carbocycles. The van der Waals surface area contributed by atoms with Gasteiger partial charge in [0.25, 0.3) is 0 Å². The molecule has 1 aromatic rings. The van der Waals surface area contributed by atoms with Gasteiger partial charge < -0.3 is 4.90 Å². The molecule has 0 unspecified atom stereocenters. The summed E-state index contributed by atoms with van der Waals surface area (Å²) >= 11 is 0. The minimum absolute atomic E-state index is 0.618. The van der Waals surface area contributed by atoms with Gasteiger partial charge in [0.05, 0.1) is 0 Å². The molecule has 0 N–H and O–H groups in total. The van der Waals surface area contributed by atoms with Gasteiger partial charge in [-0.3, -0.25) is 4.79 Å². The first-order chi connectivity index (χ1) is 5.24. The average molecular weight is 149 g/mol. The topological polar surface area (TPSA) is 33.2 Å². The number of carbonyl (C=O) groups is 1. The maximum Gasteiger partial charge on any atom is 0.215 e. The fourth-order valence-corrected chi connectivity index (χ4v) is 0.707. The molecule has 0 saturated carbocycles. The van der Waals surface area contributed by atoms with Crippen LogP contribution in [0, 0.1) is 6.92 Å². The van der Waals surface area contributed by atoms with Gasteiger partial charge in [0.15, 0.2) is 0 Å². The second kappa shape index (κ2) is 3.14. The summed E-state index contributed by atoms with van der Waals surface area (Å²) in [5.74, 6) is 0.618. The Morgan fingerprint density at radius 1 is 1.73 bits per heavy atom. The summed E-state index contributed by atoms with van der Waals surface area (Å²) in [6.45, 7) is 3.72. The fraction of sp³-hybridized carbons (Fsp3) is 0.125. The van der Waals surface area contributed by atoms with E-state index in [9.17, 15) is 4.79 Å². The van der Waals surface area contributed by atoms with Gasteiger partial charge in [0, 0.05) is 13.2 Å². The third kappa shape index (κ3) is 1.77. The van der Waals surface area contributed by atoms with Crippen molar-refractivity contribution in [3.05, 3.63) is 30.8 Å². The Hall–Kier alpha value is -1.38. The Kier molecular flexibility index (Phi) is 2.21. The van der Waals surface area contributed by atoms with E-state index < -0.39 is 0 Å². The predicted molar refractivity (Wildman–Crippen MR) is 43.2 cm³/mol. The number of anilines is 1. The third-order valence-electron chi connectivity index (χ3n) is 1.33. The summed E-state index contributed by atoms with van der Waals surface area (Å²) in [6, 6.07) is 3.52. The van der Waals surface area contributed by atoms with Gasteiger partial charge in [-0.15, -0.1) is 0 Å². The molecule has 1 amide bonds. The first-order valence-electron chi connectivity index (χ1n) is 3.20. The van der Waals surface area contributed by atoms with Crippen LogP contribution in [-0.2, 0) is 4.79 Å². The number of pyridine rings is 1. The normalized spacial score (nSPS) is 9.27. The van der Waals surface area contributed by atoms with Crippen molar-refractivity contribution < 1.29 is 4.79 Å². The Bertz CT molecular complexity index is 260. The fourth-order valence-electron chi connectivity index (χ4n) is 0.707. The number of rotatable bonds is 2. The van der Waals surface area contributed by atoms with Gasteiger partial charge in [0.1, 0.15) is 5.82 Å². The van der Waals surface area contributed by atoms with Crippen LogP contribution in [0.1, 0.15) is 5.56 Å². The Labute approximate surface area is 65.7 Å². The van der Waals surface area contributed by atoms with Crippen molar-refractivity contribution >= 4 is 12.2 Å². The highest BCUT2D eigenvalue weighted by molar-refractivity contribution is 5.71. The highest BCUT2D eigenvalue weighted by Crippen LogP contribution is 2.07. The number of aromatic nitrogens is 1. The van der Waals surface area contributed by atoms with Gasteiger partial charge >= 0.3 is 0 Å². The van der Waals surface area contributed by atoms with E-state index in [1.54, 1.807) is 25.4 Å². The van der Waals surface area contributed by atoms with Crippen molar-refractivity contribution in [1.29, 1.82) is 0 Å². The third-order valence-corrected chi connectivity index (χ3v) is 1.33. The molecule has 0 bridgehead atoms. The van der Waals surface area contributed by atoms with Crippen molar-refractivity contribution in [2.24, 2.45) is 0 Å². The van der Waals surface area contributed by atoms with Crippen LogP contribution in [0.2, 0.25) is 0 Å². The standard InChI is InChI=1S/C8H9N2O/c1-7-3-4-9-8(5-7)10(2)6-11/h3-6H,1H2,2H3. The van der Waals surface area contributed by atoms with Gasteiger partial charge in [-0.25, -0.2) is 4.98 Å². The molecule has 0 saturated heterocycles. The molecule has 0 fully saturated rings. The van der Waals surface area contributed by atoms with Crippen LogP contribution < -0.4 is 4.90 Å². The van der Waals surface area contributed by atoms with Crippen LogP contribution in [0.4, 0.5) is 5.82 Å². The van der Waals surface area contributed by atoms with E-state index in [1.165, 1.54) is 4.90 Å². The number of hydrogen-bond donors (Lipinski definition) is 0. The van der Waals surface area contributed by atoms with Crippen molar-refractivity contribution in [1.82, 2.24) is 4.98 Å². The summed E-state index contributed by atoms with van der Waals surface area (Å²) in [5.41, 5.74) is 0.851. The molecular weight excluding hydrogens is 140 g/mol. The van der Waals surface area contributed by atoms with Gasteiger partial charge in [-0.05, 0) is 24.6 Å². The zero-order chi connectivity index (χ0) is 8.27. The van der Waals surface area contributed by atoms with Crippen LogP contribution >= 0.6 is 0 Å². The van der Waals surface area contributed by atoms with E-state index in [0.29, 0.717) is 12.2 Å². The lowest BCUT2D eigenvalue weighted by Crippen LogP contribution is -2.14. The van der Waals surface area contributed by atoms with Gasteiger partial charge in [0.2, 0.25) is 6.41 Å². The SMILES string of the molecule is [CH2]c1ccnc(N(C)C=O)c1. The van der Waals surface area contributed by atoms with E-state index in [2.05, 4.69) is 11.9 Å². The van der Waals surface area contributed by atoms with Crippen molar-refractivity contribution in [2.45, 2.75) is 0 Å². The van der Waals surface area contributed by atoms with E-state index >= 15 is 0 Å². The van der Waals surface area contributed by atoms with Crippen molar-refractivity contribution in [3.8, 4) is 0 Å². The number of carbonyl (C=O) groups excluding carboxylic acids is 1. The number of hydrogen-bond acceptors (Lipinski definition) is 2. The molecule has 3 nitrogen and oxygen atoms in total. The van der Waals surface area contributed by atoms with Crippen LogP contribution in [0.3, 0.4) is 0 Å². The zero-order valence-corrected chi connectivity index (χ0v) is 6.32. The van der Waals surface area contributed by atoms with Crippen molar-refractivity contribution in [2.75, 3.05) is 11.9 Å². The number of amides is 1. The zero-order valence-electron chi connectivity index (χ0n) is 6.32. The summed E-state index contributed by atoms with van der Waals surface area (Å²) in [6.07, 6.45) is 2.33. The molecule has 3 heteroatoms. The lowest BCUT2D eigenvalue weighted by atomic mass is 10.3. The molecule has 57 valence electrons. The summed E-state index contributed by atoms with van der Waals surface area (Å²) in [7, 11) is 1.65. The molecular formula is C8H9N2O. The van der Waals surface area contributed by atoms with E-state index in [-0.39, 0.29) is 0 Å². The summed E-state index contributed by atoms with van der Waals surface area (Å²) < 4.78 is 0. The van der Waals surface area contributed by atoms with Crippen LogP contribution in [0.25, 0.3) is 0 Å². The molecule has 0 spiro atoms. The minimum atomic E-state index is 0.618. The Balaban J connectivity index is 2.95. The second-order valence-electron chi connectivity index (χ2n) is 2.24. The van der Waals surface area contributed by atoms with E-state index in [0.717, 1.165) is 5.56 Å². The highest BCUT2D eigenvalue weighted by atomic mass is 16.1. The number of nitrogens with zero attached hydrogens (tertiary/aromatic N) is 2. The molecule has 1 rings (SSSR count). The lowest BCUT2D eigenvalue weighted by Gasteiger charge is -2.08. The van der Waals surface area contributed by atoms with Crippen LogP contribution in [0.5, 0.6) is 0 Å². The molecule has 0 atom stereocenters. The first-order valence-corrected chi connectivity index (χ1v) is 3.20. The summed E-state index contributed by atoms with van der Waals surface area (Å²) in [5, 5.41) is 0. The average Bonchev–Trinajstić information content (AvgIpc) is 2.03. The Morgan fingerprint density at radius 2 is 2.45 bits per heavy atom. The predicted octanol–water partition coefficient (Wildman–Crippen LogP) is 0.856. The first kappa shape index (κ1) is 7.72. The maximum atomic E-state index is 10.3. The van der Waals surface area contributed by atoms with E-state index in [1.807, 2.05) is 0 Å². The monoisotopic (exact) mass is 149 g/mol. The molecule has 0 aliphatic heterocycles. The molecule has 11 heavy (non-hydrogen) atoms. The quantitative estimate of drug-likeness (QED) is 0.584. The maximum absolute atomic E-state index is 10.3. The van der Waals surface area contributed by atoms with Crippen molar-refractivity contribution in [3.63, 3.8) is 0 Å². The smallest absolute Gasteiger partial charge is 0.215 e. The lowest BCUT2D eigenvalue weighted by molar-refractivity contribution is -0.107. The second-order valence-corrected chi connectivity index (χ2v) is 2.24. The van der Waals surface area contributed by atoms with Crippen LogP contribution in [0.15, 0.2) is 18.3 Å². The molecule has 0 aromatic carbocycles. The summed E-state index contributed by atoms with van der Waals surface area (Å²) in [4.78, 5) is 15.6. The Morgan fingerprint density at radius 3 is 3.00 bits per heavy atom. The van der Waals surface area contributed by atoms with Gasteiger partial charge in [-0.2, -0.15) is 0 Å². The van der Waals surface area contributed by atoms with Crippen LogP contribution in [-0.4, -0.2) is 18.4 Å². The molecule has 1 heterocycles.